The van der Waals surface area contributed by atoms with Crippen molar-refractivity contribution in [3.8, 4) is 0 Å². The summed E-state index contributed by atoms with van der Waals surface area (Å²) in [6, 6.07) is 17.4. The lowest BCUT2D eigenvalue weighted by Gasteiger charge is -2.31. The van der Waals surface area contributed by atoms with Crippen LogP contribution in [-0.2, 0) is 33.7 Å². The van der Waals surface area contributed by atoms with Crippen LogP contribution in [0.3, 0.4) is 0 Å². The molecule has 0 spiro atoms. The Morgan fingerprint density at radius 2 is 1.75 bits per heavy atom. The van der Waals surface area contributed by atoms with Gasteiger partial charge in [0.2, 0.25) is 5.90 Å². The number of benzene rings is 2. The number of ether oxygens (including phenoxy) is 1. The summed E-state index contributed by atoms with van der Waals surface area (Å²) in [5, 5.41) is 30.3. The number of nitrogens with one attached hydrogen (secondary N) is 2. The van der Waals surface area contributed by atoms with Crippen molar-refractivity contribution in [3.05, 3.63) is 83.6 Å². The van der Waals surface area contributed by atoms with Gasteiger partial charge in [0.15, 0.2) is 12.2 Å². The maximum absolute atomic E-state index is 12.5. The zero-order valence-electron chi connectivity index (χ0n) is 17.6. The second kappa shape index (κ2) is 11.2. The first-order chi connectivity index (χ1) is 15.5. The Kier molecular flexibility index (Phi) is 8.13. The molecule has 3 rings (SSSR count). The van der Waals surface area contributed by atoms with E-state index in [4.69, 9.17) is 10.1 Å². The van der Waals surface area contributed by atoms with E-state index in [-0.39, 0.29) is 12.4 Å². The van der Waals surface area contributed by atoms with E-state index in [2.05, 4.69) is 5.32 Å². The highest BCUT2D eigenvalue weighted by Gasteiger charge is 2.34. The topological polar surface area (TPSA) is 123 Å². The van der Waals surface area contributed by atoms with E-state index in [0.29, 0.717) is 25.9 Å². The van der Waals surface area contributed by atoms with Crippen LogP contribution in [0.2, 0.25) is 0 Å². The number of nitrogens with zero attached hydrogens (tertiary/aromatic N) is 1. The average molecular weight is 437 g/mol. The van der Waals surface area contributed by atoms with Gasteiger partial charge in [-0.1, -0.05) is 54.6 Å². The van der Waals surface area contributed by atoms with Gasteiger partial charge in [0.1, 0.15) is 0 Å². The van der Waals surface area contributed by atoms with E-state index in [1.807, 2.05) is 54.6 Å². The normalized spacial score (nSPS) is 15.0. The molecule has 1 aliphatic rings. The highest BCUT2D eigenvalue weighted by Crippen LogP contribution is 2.19. The van der Waals surface area contributed by atoms with Gasteiger partial charge < -0.3 is 25.2 Å². The molecule has 2 aromatic rings. The predicted octanol–water partition coefficient (Wildman–Crippen LogP) is 1.16. The van der Waals surface area contributed by atoms with E-state index < -0.39 is 24.0 Å². The Morgan fingerprint density at radius 1 is 1.06 bits per heavy atom. The number of rotatable bonds is 8. The summed E-state index contributed by atoms with van der Waals surface area (Å²) in [5.41, 5.74) is 3.20. The van der Waals surface area contributed by atoms with E-state index in [0.717, 1.165) is 16.7 Å². The number of aliphatic hydroxyl groups is 2. The van der Waals surface area contributed by atoms with Gasteiger partial charge in [0, 0.05) is 13.1 Å². The lowest BCUT2D eigenvalue weighted by Crippen LogP contribution is -2.52. The molecule has 0 radical (unpaired) electrons. The second-order valence-corrected chi connectivity index (χ2v) is 7.49. The summed E-state index contributed by atoms with van der Waals surface area (Å²) in [5.74, 6) is -1.91. The fraction of sp³-hybridized carbons (Fsp3) is 0.292. The molecule has 0 saturated heterocycles. The summed E-state index contributed by atoms with van der Waals surface area (Å²) >= 11 is 0. The smallest absolute Gasteiger partial charge is 0.255 e. The lowest BCUT2D eigenvalue weighted by atomic mass is 9.99. The van der Waals surface area contributed by atoms with E-state index >= 15 is 0 Å². The van der Waals surface area contributed by atoms with E-state index in [9.17, 15) is 19.8 Å². The SMILES string of the molecule is N=C(CNC(=O)C(O)C(O)C(=O)N1CCc2ccccc2C1)O/C=C/Cc1ccccc1. The predicted molar refractivity (Wildman–Crippen MR) is 119 cm³/mol. The van der Waals surface area contributed by atoms with Gasteiger partial charge in [-0.25, -0.2) is 0 Å². The highest BCUT2D eigenvalue weighted by molar-refractivity contribution is 5.92. The Hall–Kier alpha value is -3.49. The van der Waals surface area contributed by atoms with E-state index in [1.54, 1.807) is 6.08 Å². The van der Waals surface area contributed by atoms with Gasteiger partial charge in [0.25, 0.3) is 11.8 Å². The van der Waals surface area contributed by atoms with Crippen LogP contribution in [0.4, 0.5) is 0 Å². The van der Waals surface area contributed by atoms with Crippen LogP contribution >= 0.6 is 0 Å². The lowest BCUT2D eigenvalue weighted by molar-refractivity contribution is -0.153. The van der Waals surface area contributed by atoms with Gasteiger partial charge in [-0.2, -0.15) is 0 Å². The first kappa shape index (κ1) is 23.2. The van der Waals surface area contributed by atoms with Crippen LogP contribution < -0.4 is 5.32 Å². The summed E-state index contributed by atoms with van der Waals surface area (Å²) in [7, 11) is 0. The second-order valence-electron chi connectivity index (χ2n) is 7.49. The molecule has 2 unspecified atom stereocenters. The van der Waals surface area contributed by atoms with Gasteiger partial charge in [-0.3, -0.25) is 15.0 Å². The first-order valence-electron chi connectivity index (χ1n) is 10.4. The zero-order valence-corrected chi connectivity index (χ0v) is 17.6. The summed E-state index contributed by atoms with van der Waals surface area (Å²) in [6.07, 6.45) is 0.532. The molecular formula is C24H27N3O5. The monoisotopic (exact) mass is 437 g/mol. The molecule has 0 aromatic heterocycles. The van der Waals surface area contributed by atoms with Crippen molar-refractivity contribution in [1.82, 2.24) is 10.2 Å². The fourth-order valence-electron chi connectivity index (χ4n) is 3.39. The fourth-order valence-corrected chi connectivity index (χ4v) is 3.39. The zero-order chi connectivity index (χ0) is 22.9. The minimum absolute atomic E-state index is 0.247. The van der Waals surface area contributed by atoms with Crippen molar-refractivity contribution in [2.24, 2.45) is 0 Å². The van der Waals surface area contributed by atoms with Crippen molar-refractivity contribution in [2.75, 3.05) is 13.1 Å². The summed E-state index contributed by atoms with van der Waals surface area (Å²) in [4.78, 5) is 26.1. The number of aliphatic hydroxyl groups excluding tert-OH is 2. The number of allylic oxidation sites excluding steroid dienone is 1. The Bertz CT molecular complexity index is 977. The molecule has 168 valence electrons. The molecule has 4 N–H and O–H groups in total. The summed E-state index contributed by atoms with van der Waals surface area (Å²) in [6.45, 7) is 0.423. The van der Waals surface area contributed by atoms with Crippen molar-refractivity contribution < 1.29 is 24.5 Å². The maximum Gasteiger partial charge on any atom is 0.255 e. The molecular weight excluding hydrogens is 410 g/mol. The molecule has 2 atom stereocenters. The van der Waals surface area contributed by atoms with Crippen molar-refractivity contribution in [2.45, 2.75) is 31.6 Å². The third-order valence-corrected chi connectivity index (χ3v) is 5.19. The quantitative estimate of drug-likeness (QED) is 0.280. The maximum atomic E-state index is 12.5. The number of carbonyl (C=O) groups is 2. The summed E-state index contributed by atoms with van der Waals surface area (Å²) < 4.78 is 5.10. The molecule has 1 heterocycles. The van der Waals surface area contributed by atoms with Crippen LogP contribution in [0.5, 0.6) is 0 Å². The molecule has 2 aromatic carbocycles. The van der Waals surface area contributed by atoms with Crippen LogP contribution in [0.1, 0.15) is 16.7 Å². The Balaban J connectivity index is 1.41. The number of fused-ring (bicyclic) bond motifs is 1. The molecule has 0 aliphatic carbocycles. The standard InChI is InChI=1S/C24H27N3O5/c25-20(32-14-6-9-17-7-2-1-3-8-17)15-26-23(30)21(28)22(29)24(31)27-13-12-18-10-4-5-11-19(18)16-27/h1-8,10-11,14,21-22,25,28-29H,9,12-13,15-16H2,(H,26,30)/b14-6+,25-20?. The van der Waals surface area contributed by atoms with Crippen LogP contribution in [0.25, 0.3) is 0 Å². The third-order valence-electron chi connectivity index (χ3n) is 5.19. The van der Waals surface area contributed by atoms with Gasteiger partial charge in [-0.15, -0.1) is 0 Å². The van der Waals surface area contributed by atoms with E-state index in [1.165, 1.54) is 11.2 Å². The molecule has 8 heteroatoms. The highest BCUT2D eigenvalue weighted by atomic mass is 16.5. The minimum atomic E-state index is -1.94. The van der Waals surface area contributed by atoms with Crippen molar-refractivity contribution >= 4 is 17.7 Å². The molecule has 2 amide bonds. The number of hydrogen-bond donors (Lipinski definition) is 4. The average Bonchev–Trinajstić information content (AvgIpc) is 2.84. The first-order valence-corrected chi connectivity index (χ1v) is 10.4. The van der Waals surface area contributed by atoms with Crippen molar-refractivity contribution in [1.29, 1.82) is 5.41 Å². The largest absolute Gasteiger partial charge is 0.450 e. The molecule has 0 bridgehead atoms. The molecule has 0 fully saturated rings. The molecule has 1 aliphatic heterocycles. The third kappa shape index (κ3) is 6.26. The Morgan fingerprint density at radius 3 is 2.50 bits per heavy atom. The van der Waals surface area contributed by atoms with Crippen molar-refractivity contribution in [3.63, 3.8) is 0 Å². The van der Waals surface area contributed by atoms with Crippen LogP contribution in [-0.4, -0.2) is 58.1 Å². The molecule has 0 saturated carbocycles. The number of amides is 2. The van der Waals surface area contributed by atoms with Crippen LogP contribution in [0.15, 0.2) is 66.9 Å². The van der Waals surface area contributed by atoms with Gasteiger partial charge in [0.05, 0.1) is 12.8 Å². The minimum Gasteiger partial charge on any atom is -0.450 e. The molecule has 8 nitrogen and oxygen atoms in total. The van der Waals surface area contributed by atoms with Gasteiger partial charge in [-0.05, 0) is 35.6 Å². The van der Waals surface area contributed by atoms with Gasteiger partial charge >= 0.3 is 0 Å². The van der Waals surface area contributed by atoms with Crippen LogP contribution in [0, 0.1) is 5.41 Å². The molecule has 32 heavy (non-hydrogen) atoms. The Labute approximate surface area is 186 Å². The number of carbonyl (C=O) groups excluding carboxylic acids is 2. The number of hydrogen-bond acceptors (Lipinski definition) is 6.